The van der Waals surface area contributed by atoms with Crippen LogP contribution in [0.1, 0.15) is 16.4 Å². The molecule has 13 heteroatoms. The molecule has 274 valence electrons. The lowest BCUT2D eigenvalue weighted by Gasteiger charge is -2.33. The van der Waals surface area contributed by atoms with Crippen LogP contribution in [0.15, 0.2) is 96.8 Å². The Morgan fingerprint density at radius 1 is 0.698 bits per heavy atom. The molecule has 2 amide bonds. The quantitative estimate of drug-likeness (QED) is 0.193. The Labute approximate surface area is 313 Å². The summed E-state index contributed by atoms with van der Waals surface area (Å²) in [5.74, 6) is 1.07. The van der Waals surface area contributed by atoms with Crippen molar-refractivity contribution < 1.29 is 19.1 Å². The maximum absolute atomic E-state index is 12.4. The van der Waals surface area contributed by atoms with Crippen LogP contribution in [0, 0.1) is 6.92 Å². The average Bonchev–Trinajstić information content (AvgIpc) is 3.88. The van der Waals surface area contributed by atoms with Crippen LogP contribution in [-0.2, 0) is 12.8 Å². The number of aryl methyl sites for hydroxylation is 1. The van der Waals surface area contributed by atoms with Gasteiger partial charge in [0.2, 0.25) is 0 Å². The molecule has 53 heavy (non-hydrogen) atoms. The Morgan fingerprint density at radius 2 is 1.25 bits per heavy atom. The number of aromatic nitrogens is 4. The number of pyridine rings is 2. The molecule has 1 N–H and O–H groups in total. The number of thiazole rings is 1. The number of benzene rings is 2. The molecular formula is C40H44N8O4S. The molecule has 2 aromatic carbocycles. The number of rotatable bonds is 8. The highest BCUT2D eigenvalue weighted by molar-refractivity contribution is 7.09. The second kappa shape index (κ2) is 17.4. The van der Waals surface area contributed by atoms with Gasteiger partial charge in [-0.05, 0) is 55.5 Å². The van der Waals surface area contributed by atoms with E-state index in [0.29, 0.717) is 37.7 Å². The largest absolute Gasteiger partial charge is 0.415 e. The summed E-state index contributed by atoms with van der Waals surface area (Å²) in [6.45, 7) is 10.2. The van der Waals surface area contributed by atoms with Crippen LogP contribution in [-0.4, -0.2) is 117 Å². The first-order valence-corrected chi connectivity index (χ1v) is 18.9. The topological polar surface area (TPSA) is 120 Å². The van der Waals surface area contributed by atoms with Gasteiger partial charge in [0.05, 0.1) is 21.7 Å². The highest BCUT2D eigenvalue weighted by Crippen LogP contribution is 2.21. The Kier molecular flexibility index (Phi) is 11.8. The molecule has 12 nitrogen and oxygen atoms in total. The van der Waals surface area contributed by atoms with Crippen molar-refractivity contribution in [1.82, 2.24) is 39.5 Å². The number of H-pyrrole nitrogens is 1. The first-order chi connectivity index (χ1) is 25.9. The van der Waals surface area contributed by atoms with Gasteiger partial charge in [-0.1, -0.05) is 12.1 Å². The summed E-state index contributed by atoms with van der Waals surface area (Å²) >= 11 is 1.69. The summed E-state index contributed by atoms with van der Waals surface area (Å²) in [4.78, 5) is 49.5. The van der Waals surface area contributed by atoms with E-state index in [2.05, 4.69) is 41.2 Å². The van der Waals surface area contributed by atoms with Crippen molar-refractivity contribution in [1.29, 1.82) is 0 Å². The zero-order chi connectivity index (χ0) is 36.4. The third-order valence-corrected chi connectivity index (χ3v) is 10.4. The number of hydrogen-bond donors (Lipinski definition) is 1. The molecule has 0 bridgehead atoms. The fraction of sp³-hybridized carbons (Fsp3) is 0.325. The minimum atomic E-state index is -0.292. The van der Waals surface area contributed by atoms with Gasteiger partial charge in [-0.15, -0.1) is 11.3 Å². The lowest BCUT2D eigenvalue weighted by Crippen LogP contribution is -2.49. The van der Waals surface area contributed by atoms with Crippen LogP contribution in [0.25, 0.3) is 21.8 Å². The number of amides is 2. The van der Waals surface area contributed by atoms with Crippen molar-refractivity contribution >= 4 is 45.3 Å². The van der Waals surface area contributed by atoms with E-state index in [0.717, 1.165) is 84.6 Å². The van der Waals surface area contributed by atoms with Gasteiger partial charge >= 0.3 is 12.2 Å². The van der Waals surface area contributed by atoms with Gasteiger partial charge in [-0.25, -0.2) is 14.6 Å². The second-order valence-electron chi connectivity index (χ2n) is 13.2. The van der Waals surface area contributed by atoms with E-state index in [1.165, 1.54) is 5.69 Å². The van der Waals surface area contributed by atoms with Crippen LogP contribution >= 0.6 is 11.3 Å². The number of nitrogens with zero attached hydrogens (tertiary/aromatic N) is 7. The molecule has 0 aliphatic carbocycles. The minimum Gasteiger partial charge on any atom is -0.410 e. The number of aromatic amines is 1. The van der Waals surface area contributed by atoms with E-state index in [-0.39, 0.29) is 12.2 Å². The lowest BCUT2D eigenvalue weighted by molar-refractivity contribution is 0.110. The zero-order valence-corrected chi connectivity index (χ0v) is 30.7. The van der Waals surface area contributed by atoms with Crippen molar-refractivity contribution in [3.63, 3.8) is 0 Å². The van der Waals surface area contributed by atoms with E-state index in [1.54, 1.807) is 45.7 Å². The van der Waals surface area contributed by atoms with Gasteiger partial charge in [0.25, 0.3) is 0 Å². The van der Waals surface area contributed by atoms with Crippen LogP contribution in [0.3, 0.4) is 0 Å². The zero-order valence-electron chi connectivity index (χ0n) is 29.9. The number of hydrogen-bond acceptors (Lipinski definition) is 10. The summed E-state index contributed by atoms with van der Waals surface area (Å²) < 4.78 is 11.1. The Hall–Kier alpha value is -5.37. The molecule has 2 aliphatic rings. The molecule has 4 aromatic heterocycles. The van der Waals surface area contributed by atoms with E-state index < -0.39 is 0 Å². The standard InChI is InChI=1S/C20H22N4O2S.C20H22N4O2/c1-15-22-17(14-27-15)6-8-23-9-11-24(12-10-23)20(25)26-18-5-4-16-3-2-7-21-19(16)13-18;25-20(26-18-6-5-16-3-1-9-22-19(16)15-18)24-13-11-23(12-14-24)10-7-17-4-2-8-21-17/h2-5,7,13-14H,6,8-12H2,1H3;1-6,8-9,15,21H,7,10-14H2. The molecule has 0 saturated carbocycles. The second-order valence-corrected chi connectivity index (χ2v) is 14.2. The summed E-state index contributed by atoms with van der Waals surface area (Å²) in [6, 6.07) is 23.0. The number of piperazine rings is 2. The van der Waals surface area contributed by atoms with Crippen molar-refractivity contribution in [2.24, 2.45) is 0 Å². The highest BCUT2D eigenvalue weighted by Gasteiger charge is 2.24. The summed E-state index contributed by atoms with van der Waals surface area (Å²) in [6.07, 6.45) is 6.80. The maximum Gasteiger partial charge on any atom is 0.415 e. The van der Waals surface area contributed by atoms with E-state index >= 15 is 0 Å². The molecule has 0 unspecified atom stereocenters. The summed E-state index contributed by atoms with van der Waals surface area (Å²) in [5.41, 5.74) is 4.05. The highest BCUT2D eigenvalue weighted by atomic mass is 32.1. The third-order valence-electron chi connectivity index (χ3n) is 9.54. The number of carbonyl (C=O) groups excluding carboxylic acids is 2. The number of nitrogens with one attached hydrogen (secondary N) is 1. The number of ether oxygens (including phenoxy) is 2. The van der Waals surface area contributed by atoms with Crippen LogP contribution in [0.4, 0.5) is 9.59 Å². The Balaban J connectivity index is 0.000000164. The third kappa shape index (κ3) is 9.95. The lowest BCUT2D eigenvalue weighted by atomic mass is 10.2. The van der Waals surface area contributed by atoms with Crippen LogP contribution in [0.5, 0.6) is 11.5 Å². The average molecular weight is 733 g/mol. The molecule has 2 aliphatic heterocycles. The van der Waals surface area contributed by atoms with Gasteiger partial charge in [0.1, 0.15) is 11.5 Å². The molecule has 6 aromatic rings. The van der Waals surface area contributed by atoms with Crippen LogP contribution in [0.2, 0.25) is 0 Å². The van der Waals surface area contributed by atoms with Crippen molar-refractivity contribution in [3.05, 3.63) is 113 Å². The molecule has 0 spiro atoms. The van der Waals surface area contributed by atoms with Gasteiger partial charge in [0.15, 0.2) is 0 Å². The molecule has 2 fully saturated rings. The summed E-state index contributed by atoms with van der Waals surface area (Å²) in [5, 5.41) is 5.30. The van der Waals surface area contributed by atoms with Crippen LogP contribution < -0.4 is 9.47 Å². The molecule has 0 radical (unpaired) electrons. The van der Waals surface area contributed by atoms with Gasteiger partial charge in [0, 0.05) is 131 Å². The predicted octanol–water partition coefficient (Wildman–Crippen LogP) is 6.28. The number of carbonyl (C=O) groups is 2. The molecule has 6 heterocycles. The van der Waals surface area contributed by atoms with Crippen molar-refractivity contribution in [3.8, 4) is 11.5 Å². The van der Waals surface area contributed by atoms with Gasteiger partial charge in [-0.2, -0.15) is 0 Å². The Bertz CT molecular complexity index is 2110. The molecule has 0 atom stereocenters. The van der Waals surface area contributed by atoms with Gasteiger partial charge < -0.3 is 24.3 Å². The fourth-order valence-electron chi connectivity index (χ4n) is 6.46. The normalized spacial score (nSPS) is 15.3. The molecule has 8 rings (SSSR count). The minimum absolute atomic E-state index is 0.288. The van der Waals surface area contributed by atoms with E-state index in [1.807, 2.05) is 67.7 Å². The monoisotopic (exact) mass is 732 g/mol. The number of fused-ring (bicyclic) bond motifs is 2. The first-order valence-electron chi connectivity index (χ1n) is 18.1. The SMILES string of the molecule is Cc1nc(CCN2CCN(C(=O)Oc3ccc4cccnc4c3)CC2)cs1.O=C(Oc1ccc2cccnc2c1)N1CCN(CCc2ccc[nH]2)CC1. The molecular weight excluding hydrogens is 689 g/mol. The van der Waals surface area contributed by atoms with Crippen molar-refractivity contribution in [2.75, 3.05) is 65.4 Å². The van der Waals surface area contributed by atoms with E-state index in [9.17, 15) is 9.59 Å². The summed E-state index contributed by atoms with van der Waals surface area (Å²) in [7, 11) is 0. The Morgan fingerprint density at radius 3 is 1.74 bits per heavy atom. The smallest absolute Gasteiger partial charge is 0.410 e. The van der Waals surface area contributed by atoms with Gasteiger partial charge in [-0.3, -0.25) is 19.8 Å². The maximum atomic E-state index is 12.4. The van der Waals surface area contributed by atoms with Crippen molar-refractivity contribution in [2.45, 2.75) is 19.8 Å². The van der Waals surface area contributed by atoms with E-state index in [4.69, 9.17) is 9.47 Å². The molecule has 2 saturated heterocycles. The predicted molar refractivity (Wildman–Crippen MR) is 207 cm³/mol. The first kappa shape index (κ1) is 36.0. The fourth-order valence-corrected chi connectivity index (χ4v) is 7.10.